The Morgan fingerprint density at radius 1 is 1.07 bits per heavy atom. The van der Waals surface area contributed by atoms with Crippen LogP contribution >= 0.6 is 0 Å². The van der Waals surface area contributed by atoms with E-state index in [1.54, 1.807) is 27.3 Å². The first-order valence-corrected chi connectivity index (χ1v) is 9.05. The molecule has 2 N–H and O–H groups in total. The zero-order valence-corrected chi connectivity index (χ0v) is 17.1. The van der Waals surface area contributed by atoms with Gasteiger partial charge in [0.2, 0.25) is 0 Å². The van der Waals surface area contributed by atoms with Gasteiger partial charge in [-0.05, 0) is 49.5 Å². The van der Waals surface area contributed by atoms with E-state index >= 15 is 0 Å². The summed E-state index contributed by atoms with van der Waals surface area (Å²) in [7, 11) is 9.00. The van der Waals surface area contributed by atoms with Crippen molar-refractivity contribution in [3.05, 3.63) is 59.4 Å². The molecule has 152 valence electrons. The van der Waals surface area contributed by atoms with Crippen molar-refractivity contribution in [1.82, 2.24) is 15.5 Å². The summed E-state index contributed by atoms with van der Waals surface area (Å²) in [6.07, 6.45) is 0. The molecule has 0 fully saturated rings. The van der Waals surface area contributed by atoms with Crippen LogP contribution in [0.15, 0.2) is 47.5 Å². The van der Waals surface area contributed by atoms with Crippen LogP contribution in [0.25, 0.3) is 0 Å². The van der Waals surface area contributed by atoms with Gasteiger partial charge in [0, 0.05) is 20.1 Å². The van der Waals surface area contributed by atoms with Gasteiger partial charge in [0.15, 0.2) is 17.5 Å². The van der Waals surface area contributed by atoms with E-state index in [4.69, 9.17) is 9.47 Å². The minimum absolute atomic E-state index is 0.0903. The van der Waals surface area contributed by atoms with Crippen LogP contribution in [0, 0.1) is 5.82 Å². The summed E-state index contributed by atoms with van der Waals surface area (Å²) in [5.41, 5.74) is 1.95. The highest BCUT2D eigenvalue weighted by Gasteiger charge is 2.17. The summed E-state index contributed by atoms with van der Waals surface area (Å²) < 4.78 is 24.1. The number of methoxy groups -OCH3 is 2. The Kier molecular flexibility index (Phi) is 8.07. The van der Waals surface area contributed by atoms with Crippen molar-refractivity contribution in [3.63, 3.8) is 0 Å². The molecule has 7 heteroatoms. The van der Waals surface area contributed by atoms with Crippen molar-refractivity contribution < 1.29 is 13.9 Å². The van der Waals surface area contributed by atoms with Gasteiger partial charge in [-0.1, -0.05) is 18.2 Å². The lowest BCUT2D eigenvalue weighted by molar-refractivity contribution is 0.295. The molecule has 0 saturated heterocycles. The van der Waals surface area contributed by atoms with E-state index in [9.17, 15) is 4.39 Å². The molecule has 0 aliphatic heterocycles. The van der Waals surface area contributed by atoms with E-state index in [-0.39, 0.29) is 11.9 Å². The Morgan fingerprint density at radius 2 is 1.82 bits per heavy atom. The summed E-state index contributed by atoms with van der Waals surface area (Å²) in [5, 5.41) is 6.54. The Hall–Kier alpha value is -2.80. The maximum atomic E-state index is 13.3. The number of likely N-dealkylation sites (N-methyl/N-ethyl adjacent to an activating group) is 1. The monoisotopic (exact) mass is 388 g/mol. The molecule has 2 aromatic carbocycles. The Morgan fingerprint density at radius 3 is 2.43 bits per heavy atom. The highest BCUT2D eigenvalue weighted by atomic mass is 19.1. The summed E-state index contributed by atoms with van der Waals surface area (Å²) in [4.78, 5) is 6.37. The lowest BCUT2D eigenvalue weighted by Gasteiger charge is -2.26. The predicted molar refractivity (Wildman–Crippen MR) is 111 cm³/mol. The number of halogens is 1. The molecule has 0 amide bonds. The number of aliphatic imine (C=N–C) groups is 1. The Bertz CT molecular complexity index is 796. The van der Waals surface area contributed by atoms with Gasteiger partial charge in [-0.3, -0.25) is 4.99 Å². The molecule has 0 saturated carbocycles. The third kappa shape index (κ3) is 5.85. The van der Waals surface area contributed by atoms with E-state index < -0.39 is 0 Å². The zero-order chi connectivity index (χ0) is 20.5. The largest absolute Gasteiger partial charge is 0.493 e. The Balaban J connectivity index is 2.03. The molecule has 0 spiro atoms. The van der Waals surface area contributed by atoms with Crippen molar-refractivity contribution in [3.8, 4) is 11.5 Å². The molecule has 1 atom stereocenters. The Labute approximate surface area is 166 Å². The smallest absolute Gasteiger partial charge is 0.191 e. The average Bonchev–Trinajstić information content (AvgIpc) is 2.70. The van der Waals surface area contributed by atoms with E-state index in [0.29, 0.717) is 30.5 Å². The third-order valence-corrected chi connectivity index (χ3v) is 4.45. The minimum Gasteiger partial charge on any atom is -0.493 e. The molecular formula is C21H29FN4O2. The van der Waals surface area contributed by atoms with Gasteiger partial charge in [0.25, 0.3) is 0 Å². The number of ether oxygens (including phenoxy) is 2. The fourth-order valence-corrected chi connectivity index (χ4v) is 2.91. The van der Waals surface area contributed by atoms with Crippen molar-refractivity contribution in [2.75, 3.05) is 41.9 Å². The molecule has 0 aliphatic carbocycles. The second kappa shape index (κ2) is 10.5. The number of hydrogen-bond donors (Lipinski definition) is 2. The molecule has 0 heterocycles. The second-order valence-electron chi connectivity index (χ2n) is 6.53. The van der Waals surface area contributed by atoms with Crippen LogP contribution in [0.3, 0.4) is 0 Å². The van der Waals surface area contributed by atoms with Crippen molar-refractivity contribution in [2.24, 2.45) is 4.99 Å². The first-order chi connectivity index (χ1) is 13.5. The van der Waals surface area contributed by atoms with Crippen LogP contribution < -0.4 is 20.1 Å². The van der Waals surface area contributed by atoms with E-state index in [1.165, 1.54) is 12.1 Å². The van der Waals surface area contributed by atoms with Crippen molar-refractivity contribution >= 4 is 5.96 Å². The summed E-state index contributed by atoms with van der Waals surface area (Å²) in [6.45, 7) is 1.12. The van der Waals surface area contributed by atoms with Gasteiger partial charge in [-0.15, -0.1) is 0 Å². The lowest BCUT2D eigenvalue weighted by atomic mass is 10.1. The fraction of sp³-hybridized carbons (Fsp3) is 0.381. The van der Waals surface area contributed by atoms with Crippen LogP contribution in [0.2, 0.25) is 0 Å². The number of nitrogens with zero attached hydrogens (tertiary/aromatic N) is 2. The maximum absolute atomic E-state index is 13.3. The number of nitrogens with one attached hydrogen (secondary N) is 2. The van der Waals surface area contributed by atoms with E-state index in [0.717, 1.165) is 11.1 Å². The third-order valence-electron chi connectivity index (χ3n) is 4.45. The molecule has 28 heavy (non-hydrogen) atoms. The highest BCUT2D eigenvalue weighted by Crippen LogP contribution is 2.31. The number of rotatable bonds is 8. The lowest BCUT2D eigenvalue weighted by Crippen LogP contribution is -2.41. The molecule has 0 radical (unpaired) electrons. The first-order valence-electron chi connectivity index (χ1n) is 9.05. The minimum atomic E-state index is -0.247. The molecule has 2 rings (SSSR count). The number of guanidine groups is 1. The first kappa shape index (κ1) is 21.5. The quantitative estimate of drug-likeness (QED) is 0.538. The summed E-state index contributed by atoms with van der Waals surface area (Å²) >= 11 is 0. The van der Waals surface area contributed by atoms with Crippen LogP contribution in [-0.2, 0) is 6.54 Å². The highest BCUT2D eigenvalue weighted by molar-refractivity contribution is 5.79. The maximum Gasteiger partial charge on any atom is 0.191 e. The molecule has 1 unspecified atom stereocenters. The number of hydrogen-bond acceptors (Lipinski definition) is 4. The van der Waals surface area contributed by atoms with Gasteiger partial charge in [-0.25, -0.2) is 4.39 Å². The van der Waals surface area contributed by atoms with Crippen molar-refractivity contribution in [1.29, 1.82) is 0 Å². The molecule has 6 nitrogen and oxygen atoms in total. The van der Waals surface area contributed by atoms with E-state index in [1.807, 2.05) is 38.4 Å². The standard InChI is InChI=1S/C21H29FN4O2/c1-23-21(24-13-15-7-6-8-17(22)11-15)25-14-18(26(2)3)16-9-10-19(27-4)20(12-16)28-5/h6-12,18H,13-14H2,1-5H3,(H2,23,24,25). The fourth-order valence-electron chi connectivity index (χ4n) is 2.91. The molecule has 0 bridgehead atoms. The van der Waals surface area contributed by atoms with Crippen LogP contribution in [0.4, 0.5) is 4.39 Å². The second-order valence-corrected chi connectivity index (χ2v) is 6.53. The van der Waals surface area contributed by atoms with Crippen molar-refractivity contribution in [2.45, 2.75) is 12.6 Å². The summed E-state index contributed by atoms with van der Waals surface area (Å²) in [5.74, 6) is 1.80. The average molecular weight is 388 g/mol. The summed E-state index contributed by atoms with van der Waals surface area (Å²) in [6, 6.07) is 12.5. The predicted octanol–water partition coefficient (Wildman–Crippen LogP) is 2.81. The van der Waals surface area contributed by atoms with Gasteiger partial charge in [-0.2, -0.15) is 0 Å². The normalized spacial score (nSPS) is 12.6. The van der Waals surface area contributed by atoms with Gasteiger partial charge in [0.05, 0.1) is 20.3 Å². The van der Waals surface area contributed by atoms with Gasteiger partial charge >= 0.3 is 0 Å². The zero-order valence-electron chi connectivity index (χ0n) is 17.1. The van der Waals surface area contributed by atoms with E-state index in [2.05, 4.69) is 20.5 Å². The number of benzene rings is 2. The van der Waals surface area contributed by atoms with Crippen LogP contribution in [0.1, 0.15) is 17.2 Å². The van der Waals surface area contributed by atoms with Gasteiger partial charge in [0.1, 0.15) is 5.82 Å². The van der Waals surface area contributed by atoms with Crippen LogP contribution in [0.5, 0.6) is 11.5 Å². The molecular weight excluding hydrogens is 359 g/mol. The topological polar surface area (TPSA) is 58.1 Å². The molecule has 0 aliphatic rings. The molecule has 2 aromatic rings. The van der Waals surface area contributed by atoms with Gasteiger partial charge < -0.3 is 25.0 Å². The van der Waals surface area contributed by atoms with Crippen LogP contribution in [-0.4, -0.2) is 52.8 Å². The molecule has 0 aromatic heterocycles. The SMILES string of the molecule is CN=C(NCc1cccc(F)c1)NCC(c1ccc(OC)c(OC)c1)N(C)C.